The molecule has 100 valence electrons. The Labute approximate surface area is 108 Å². The van der Waals surface area contributed by atoms with E-state index in [1.807, 2.05) is 0 Å². The molecule has 0 aromatic carbocycles. The van der Waals surface area contributed by atoms with Crippen LogP contribution in [0.15, 0.2) is 11.8 Å². The molecule has 0 saturated carbocycles. The molecule has 0 saturated heterocycles. The van der Waals surface area contributed by atoms with Crippen LogP contribution in [0.2, 0.25) is 0 Å². The average molecular weight is 237 g/mol. The second-order valence-electron chi connectivity index (χ2n) is 5.34. The van der Waals surface area contributed by atoms with Gasteiger partial charge >= 0.3 is 0 Å². The molecule has 1 nitrogen and oxygen atoms in total. The van der Waals surface area contributed by atoms with Crippen LogP contribution < -0.4 is 0 Å². The molecule has 17 heavy (non-hydrogen) atoms. The van der Waals surface area contributed by atoms with Crippen LogP contribution in [0.25, 0.3) is 0 Å². The van der Waals surface area contributed by atoms with Crippen LogP contribution in [0.5, 0.6) is 0 Å². The first-order valence-corrected chi connectivity index (χ1v) is 7.82. The van der Waals surface area contributed by atoms with Gasteiger partial charge in [0.25, 0.3) is 0 Å². The highest BCUT2D eigenvalue weighted by Gasteiger charge is 2.11. The van der Waals surface area contributed by atoms with E-state index >= 15 is 0 Å². The minimum absolute atomic E-state index is 1.30. The lowest BCUT2D eigenvalue weighted by atomic mass is 10.0. The molecule has 1 aliphatic carbocycles. The van der Waals surface area contributed by atoms with E-state index in [0.717, 1.165) is 0 Å². The summed E-state index contributed by atoms with van der Waals surface area (Å²) in [7, 11) is 0. The molecule has 0 aromatic heterocycles. The molecular formula is C16H31N. The molecule has 0 fully saturated rings. The summed E-state index contributed by atoms with van der Waals surface area (Å²) in [6.07, 6.45) is 16.1. The summed E-state index contributed by atoms with van der Waals surface area (Å²) in [6, 6.07) is 0. The van der Waals surface area contributed by atoms with Crippen LogP contribution in [0.1, 0.15) is 78.1 Å². The zero-order valence-corrected chi connectivity index (χ0v) is 12.0. The largest absolute Gasteiger partial charge is 0.375 e. The van der Waals surface area contributed by atoms with Gasteiger partial charge in [-0.3, -0.25) is 0 Å². The summed E-state index contributed by atoms with van der Waals surface area (Å²) in [5.41, 5.74) is 1.66. The zero-order valence-electron chi connectivity index (χ0n) is 12.0. The monoisotopic (exact) mass is 237 g/mol. The fourth-order valence-corrected chi connectivity index (χ4v) is 2.61. The minimum Gasteiger partial charge on any atom is -0.375 e. The lowest BCUT2D eigenvalue weighted by molar-refractivity contribution is 0.307. The highest BCUT2D eigenvalue weighted by atomic mass is 15.1. The van der Waals surface area contributed by atoms with Crippen molar-refractivity contribution in [3.63, 3.8) is 0 Å². The Bertz CT molecular complexity index is 198. The fourth-order valence-electron chi connectivity index (χ4n) is 2.61. The predicted octanol–water partition coefficient (Wildman–Crippen LogP) is 5.13. The fraction of sp³-hybridized carbons (Fsp3) is 0.875. The Morgan fingerprint density at radius 3 is 2.06 bits per heavy atom. The van der Waals surface area contributed by atoms with Gasteiger partial charge in [-0.15, -0.1) is 0 Å². The average Bonchev–Trinajstić information content (AvgIpc) is 2.38. The van der Waals surface area contributed by atoms with E-state index in [0.29, 0.717) is 0 Å². The Balaban J connectivity index is 2.36. The van der Waals surface area contributed by atoms with Crippen molar-refractivity contribution in [2.75, 3.05) is 13.1 Å². The van der Waals surface area contributed by atoms with E-state index in [9.17, 15) is 0 Å². The maximum atomic E-state index is 2.68. The number of allylic oxidation sites excluding steroid dienone is 2. The van der Waals surface area contributed by atoms with Crippen LogP contribution in [0, 0.1) is 0 Å². The second-order valence-corrected chi connectivity index (χ2v) is 5.34. The predicted molar refractivity (Wildman–Crippen MR) is 77.2 cm³/mol. The van der Waals surface area contributed by atoms with Crippen molar-refractivity contribution >= 4 is 0 Å². The molecule has 0 unspecified atom stereocenters. The molecule has 1 aliphatic rings. The number of hydrogen-bond acceptors (Lipinski definition) is 1. The smallest absolute Gasteiger partial charge is 0.0174 e. The molecule has 0 spiro atoms. The quantitative estimate of drug-likeness (QED) is 0.503. The molecular weight excluding hydrogens is 206 g/mol. The SMILES string of the molecule is CCCCCN(CCCCC)C1=CCCCC1. The van der Waals surface area contributed by atoms with E-state index in [1.165, 1.54) is 77.3 Å². The van der Waals surface area contributed by atoms with Crippen molar-refractivity contribution in [3.05, 3.63) is 11.8 Å². The molecule has 1 heteroatoms. The third-order valence-corrected chi connectivity index (χ3v) is 3.74. The molecule has 0 aromatic rings. The Hall–Kier alpha value is -0.460. The van der Waals surface area contributed by atoms with E-state index in [2.05, 4.69) is 24.8 Å². The summed E-state index contributed by atoms with van der Waals surface area (Å²) >= 11 is 0. The molecule has 0 N–H and O–H groups in total. The van der Waals surface area contributed by atoms with Gasteiger partial charge < -0.3 is 4.90 Å². The van der Waals surface area contributed by atoms with Crippen molar-refractivity contribution < 1.29 is 0 Å². The van der Waals surface area contributed by atoms with E-state index in [4.69, 9.17) is 0 Å². The molecule has 0 aliphatic heterocycles. The van der Waals surface area contributed by atoms with Crippen LogP contribution in [0.4, 0.5) is 0 Å². The summed E-state index contributed by atoms with van der Waals surface area (Å²) in [5, 5.41) is 0. The van der Waals surface area contributed by atoms with Gasteiger partial charge in [0.1, 0.15) is 0 Å². The van der Waals surface area contributed by atoms with Crippen molar-refractivity contribution in [2.24, 2.45) is 0 Å². The topological polar surface area (TPSA) is 3.24 Å². The van der Waals surface area contributed by atoms with Crippen LogP contribution in [-0.2, 0) is 0 Å². The number of unbranched alkanes of at least 4 members (excludes halogenated alkanes) is 4. The highest BCUT2D eigenvalue weighted by molar-refractivity contribution is 5.04. The maximum absolute atomic E-state index is 2.68. The van der Waals surface area contributed by atoms with Gasteiger partial charge in [-0.2, -0.15) is 0 Å². The summed E-state index contributed by atoms with van der Waals surface area (Å²) < 4.78 is 0. The standard InChI is InChI=1S/C16H31N/c1-3-5-10-14-17(15-11-6-4-2)16-12-8-7-9-13-16/h12H,3-11,13-15H2,1-2H3. The van der Waals surface area contributed by atoms with Gasteiger partial charge in [-0.25, -0.2) is 0 Å². The molecule has 0 atom stereocenters. The van der Waals surface area contributed by atoms with Gasteiger partial charge in [-0.05, 0) is 38.5 Å². The molecule has 0 heterocycles. The highest BCUT2D eigenvalue weighted by Crippen LogP contribution is 2.22. The summed E-state index contributed by atoms with van der Waals surface area (Å²) in [6.45, 7) is 7.18. The van der Waals surface area contributed by atoms with Gasteiger partial charge in [0, 0.05) is 18.8 Å². The summed E-state index contributed by atoms with van der Waals surface area (Å²) in [4.78, 5) is 2.68. The second kappa shape index (κ2) is 9.56. The first-order chi connectivity index (χ1) is 8.38. The number of nitrogens with zero attached hydrogens (tertiary/aromatic N) is 1. The molecule has 0 amide bonds. The number of hydrogen-bond donors (Lipinski definition) is 0. The lowest BCUT2D eigenvalue weighted by Crippen LogP contribution is -2.26. The Kier molecular flexibility index (Phi) is 8.21. The Morgan fingerprint density at radius 1 is 0.941 bits per heavy atom. The van der Waals surface area contributed by atoms with E-state index in [1.54, 1.807) is 5.70 Å². The van der Waals surface area contributed by atoms with Gasteiger partial charge in [0.15, 0.2) is 0 Å². The van der Waals surface area contributed by atoms with Crippen LogP contribution in [0.3, 0.4) is 0 Å². The number of rotatable bonds is 9. The molecule has 0 radical (unpaired) electrons. The third-order valence-electron chi connectivity index (χ3n) is 3.74. The van der Waals surface area contributed by atoms with Crippen molar-refractivity contribution in [3.8, 4) is 0 Å². The van der Waals surface area contributed by atoms with Gasteiger partial charge in [-0.1, -0.05) is 45.6 Å². The van der Waals surface area contributed by atoms with Crippen LogP contribution >= 0.6 is 0 Å². The van der Waals surface area contributed by atoms with Crippen molar-refractivity contribution in [1.29, 1.82) is 0 Å². The normalized spacial score (nSPS) is 15.8. The summed E-state index contributed by atoms with van der Waals surface area (Å²) in [5.74, 6) is 0. The first kappa shape index (κ1) is 14.6. The third kappa shape index (κ3) is 6.14. The van der Waals surface area contributed by atoms with Gasteiger partial charge in [0.2, 0.25) is 0 Å². The van der Waals surface area contributed by atoms with Crippen LogP contribution in [-0.4, -0.2) is 18.0 Å². The minimum atomic E-state index is 1.30. The van der Waals surface area contributed by atoms with E-state index in [-0.39, 0.29) is 0 Å². The van der Waals surface area contributed by atoms with E-state index < -0.39 is 0 Å². The first-order valence-electron chi connectivity index (χ1n) is 7.82. The Morgan fingerprint density at radius 2 is 1.59 bits per heavy atom. The molecule has 1 rings (SSSR count). The van der Waals surface area contributed by atoms with Crippen molar-refractivity contribution in [1.82, 2.24) is 4.90 Å². The maximum Gasteiger partial charge on any atom is 0.0174 e. The zero-order chi connectivity index (χ0) is 12.3. The van der Waals surface area contributed by atoms with Crippen molar-refractivity contribution in [2.45, 2.75) is 78.1 Å². The molecule has 0 bridgehead atoms. The lowest BCUT2D eigenvalue weighted by Gasteiger charge is -2.29. The van der Waals surface area contributed by atoms with Gasteiger partial charge in [0.05, 0.1) is 0 Å².